The highest BCUT2D eigenvalue weighted by Crippen LogP contribution is 2.31. The van der Waals surface area contributed by atoms with E-state index >= 15 is 0 Å². The van der Waals surface area contributed by atoms with Crippen LogP contribution in [-0.4, -0.2) is 40.5 Å². The lowest BCUT2D eigenvalue weighted by molar-refractivity contribution is -0.133. The summed E-state index contributed by atoms with van der Waals surface area (Å²) in [5.74, 6) is -0.563. The Hall–Kier alpha value is -3.52. The number of amidine groups is 1. The second kappa shape index (κ2) is 8.69. The van der Waals surface area contributed by atoms with Crippen LogP contribution in [0, 0.1) is 0 Å². The summed E-state index contributed by atoms with van der Waals surface area (Å²) in [5, 5.41) is 4.82. The Labute approximate surface area is 184 Å². The Balaban J connectivity index is 1.60. The maximum Gasteiger partial charge on any atom is 0.254 e. The number of amides is 3. The van der Waals surface area contributed by atoms with Crippen molar-refractivity contribution >= 4 is 40.6 Å². The minimum Gasteiger partial charge on any atom is -0.350 e. The number of nitrogens with zero attached hydrogens (tertiary/aromatic N) is 3. The summed E-state index contributed by atoms with van der Waals surface area (Å²) in [6, 6.07) is 12.9. The van der Waals surface area contributed by atoms with Gasteiger partial charge in [-0.1, -0.05) is 30.3 Å². The number of fused-ring (bicyclic) bond motifs is 1. The van der Waals surface area contributed by atoms with Gasteiger partial charge in [-0.05, 0) is 42.7 Å². The van der Waals surface area contributed by atoms with Gasteiger partial charge in [0.25, 0.3) is 11.8 Å². The van der Waals surface area contributed by atoms with E-state index in [-0.39, 0.29) is 30.7 Å². The van der Waals surface area contributed by atoms with Gasteiger partial charge in [0.05, 0.1) is 13.0 Å². The highest BCUT2D eigenvalue weighted by Gasteiger charge is 2.47. The van der Waals surface area contributed by atoms with E-state index in [2.05, 4.69) is 10.3 Å². The van der Waals surface area contributed by atoms with Gasteiger partial charge in [-0.2, -0.15) is 4.99 Å². The summed E-state index contributed by atoms with van der Waals surface area (Å²) in [5.41, 5.74) is -0.604. The molecule has 2 aliphatic rings. The first-order valence-electron chi connectivity index (χ1n) is 9.89. The van der Waals surface area contributed by atoms with Gasteiger partial charge < -0.3 is 15.1 Å². The first-order chi connectivity index (χ1) is 15.0. The van der Waals surface area contributed by atoms with Crippen LogP contribution in [0.5, 0.6) is 0 Å². The van der Waals surface area contributed by atoms with E-state index in [9.17, 15) is 14.4 Å². The Morgan fingerprint density at radius 1 is 1.19 bits per heavy atom. The zero-order chi connectivity index (χ0) is 21.8. The van der Waals surface area contributed by atoms with Crippen LogP contribution in [0.25, 0.3) is 0 Å². The predicted octanol–water partition coefficient (Wildman–Crippen LogP) is 2.87. The van der Waals surface area contributed by atoms with Crippen LogP contribution in [0.4, 0.5) is 5.69 Å². The van der Waals surface area contributed by atoms with Gasteiger partial charge in [0.1, 0.15) is 17.9 Å². The van der Waals surface area contributed by atoms with Crippen molar-refractivity contribution in [3.8, 4) is 0 Å². The topological polar surface area (TPSA) is 82.1 Å². The van der Waals surface area contributed by atoms with Crippen LogP contribution in [0.2, 0.25) is 0 Å². The van der Waals surface area contributed by atoms with Gasteiger partial charge in [-0.25, -0.2) is 0 Å². The van der Waals surface area contributed by atoms with Crippen molar-refractivity contribution in [2.24, 2.45) is 4.99 Å². The van der Waals surface area contributed by atoms with E-state index in [1.54, 1.807) is 59.7 Å². The Morgan fingerprint density at radius 2 is 2.00 bits per heavy atom. The zero-order valence-electron chi connectivity index (χ0n) is 17.0. The Bertz CT molecular complexity index is 1080. The number of aliphatic imine (C=N–C) groups is 1. The Morgan fingerprint density at radius 3 is 2.74 bits per heavy atom. The van der Waals surface area contributed by atoms with Crippen molar-refractivity contribution in [2.45, 2.75) is 25.4 Å². The lowest BCUT2D eigenvalue weighted by atomic mass is 9.90. The molecular formula is C23H22N4O3S. The van der Waals surface area contributed by atoms with Crippen molar-refractivity contribution in [2.75, 3.05) is 11.4 Å². The molecule has 1 aromatic heterocycles. The fourth-order valence-corrected chi connectivity index (χ4v) is 4.29. The molecule has 2 aliphatic heterocycles. The number of benzene rings is 1. The van der Waals surface area contributed by atoms with Gasteiger partial charge in [-0.15, -0.1) is 11.3 Å². The molecular weight excluding hydrogens is 412 g/mol. The average molecular weight is 435 g/mol. The fraction of sp³-hybridized carbons (Fsp3) is 0.217. The number of carbonyl (C=O) groups excluding carboxylic acids is 3. The van der Waals surface area contributed by atoms with Gasteiger partial charge in [-0.3, -0.25) is 14.4 Å². The number of anilines is 1. The molecule has 0 unspecified atom stereocenters. The number of allylic oxidation sites excluding steroid dienone is 2. The van der Waals surface area contributed by atoms with Crippen LogP contribution in [0.1, 0.15) is 18.2 Å². The van der Waals surface area contributed by atoms with Crippen LogP contribution in [-0.2, 0) is 20.9 Å². The number of rotatable bonds is 6. The second-order valence-electron chi connectivity index (χ2n) is 7.47. The lowest BCUT2D eigenvalue weighted by Crippen LogP contribution is -2.61. The molecule has 31 heavy (non-hydrogen) atoms. The highest BCUT2D eigenvalue weighted by molar-refractivity contribution is 7.09. The molecule has 158 valence electrons. The zero-order valence-corrected chi connectivity index (χ0v) is 17.8. The SMILES string of the molecule is C[C@@]1(C(=O)N(CC(=O)NCc2cccs2)c2ccccc2)CC(=O)N=C2C=CC=CN21. The third kappa shape index (κ3) is 4.34. The molecule has 0 bridgehead atoms. The molecule has 2 aromatic rings. The molecule has 0 saturated carbocycles. The molecule has 0 aliphatic carbocycles. The van der Waals surface area contributed by atoms with Gasteiger partial charge in [0.2, 0.25) is 5.91 Å². The third-order valence-corrected chi connectivity index (χ3v) is 6.10. The normalized spacial score (nSPS) is 19.6. The first-order valence-corrected chi connectivity index (χ1v) is 10.8. The number of carbonyl (C=O) groups is 3. The summed E-state index contributed by atoms with van der Waals surface area (Å²) in [6.07, 6.45) is 6.92. The Kier molecular flexibility index (Phi) is 5.81. The van der Waals surface area contributed by atoms with Crippen molar-refractivity contribution < 1.29 is 14.4 Å². The molecule has 0 radical (unpaired) electrons. The fourth-order valence-electron chi connectivity index (χ4n) is 3.65. The van der Waals surface area contributed by atoms with Gasteiger partial charge in [0.15, 0.2) is 0 Å². The van der Waals surface area contributed by atoms with Crippen LogP contribution < -0.4 is 10.2 Å². The third-order valence-electron chi connectivity index (χ3n) is 5.22. The smallest absolute Gasteiger partial charge is 0.254 e. The van der Waals surface area contributed by atoms with Crippen LogP contribution in [0.15, 0.2) is 77.3 Å². The maximum atomic E-state index is 13.8. The molecule has 0 spiro atoms. The minimum atomic E-state index is -1.20. The molecule has 4 rings (SSSR count). The molecule has 7 nitrogen and oxygen atoms in total. The van der Waals surface area contributed by atoms with Crippen molar-refractivity contribution in [1.82, 2.24) is 10.2 Å². The van der Waals surface area contributed by atoms with E-state index in [0.29, 0.717) is 18.1 Å². The number of nitrogens with one attached hydrogen (secondary N) is 1. The predicted molar refractivity (Wildman–Crippen MR) is 121 cm³/mol. The summed E-state index contributed by atoms with van der Waals surface area (Å²) in [4.78, 5) is 47.1. The number of hydrogen-bond acceptors (Lipinski definition) is 5. The summed E-state index contributed by atoms with van der Waals surface area (Å²) < 4.78 is 0. The molecule has 0 saturated heterocycles. The maximum absolute atomic E-state index is 13.8. The largest absolute Gasteiger partial charge is 0.350 e. The van der Waals surface area contributed by atoms with E-state index < -0.39 is 5.54 Å². The molecule has 1 atom stereocenters. The number of hydrogen-bond donors (Lipinski definition) is 1. The summed E-state index contributed by atoms with van der Waals surface area (Å²) in [6.45, 7) is 1.96. The second-order valence-corrected chi connectivity index (χ2v) is 8.50. The van der Waals surface area contributed by atoms with E-state index in [1.807, 2.05) is 35.7 Å². The monoisotopic (exact) mass is 434 g/mol. The molecule has 0 fully saturated rings. The number of para-hydroxylation sites is 1. The average Bonchev–Trinajstić information content (AvgIpc) is 3.30. The number of thiophene rings is 1. The van der Waals surface area contributed by atoms with E-state index in [0.717, 1.165) is 4.88 Å². The van der Waals surface area contributed by atoms with Crippen molar-refractivity contribution in [3.63, 3.8) is 0 Å². The van der Waals surface area contributed by atoms with E-state index in [1.165, 1.54) is 4.90 Å². The lowest BCUT2D eigenvalue weighted by Gasteiger charge is -2.44. The standard InChI is InChI=1S/C23H22N4O3S/c1-23(14-20(28)25-19-11-5-6-12-27(19)23)22(30)26(17-8-3-2-4-9-17)16-21(29)24-15-18-10-7-13-31-18/h2-13H,14-16H2,1H3,(H,24,29)/t23-/m0/s1. The van der Waals surface area contributed by atoms with Crippen molar-refractivity contribution in [3.05, 3.63) is 77.1 Å². The molecule has 3 heterocycles. The molecule has 8 heteroatoms. The first kappa shape index (κ1) is 20.7. The van der Waals surface area contributed by atoms with Crippen LogP contribution >= 0.6 is 11.3 Å². The summed E-state index contributed by atoms with van der Waals surface area (Å²) >= 11 is 1.55. The molecule has 1 aromatic carbocycles. The van der Waals surface area contributed by atoms with Crippen LogP contribution in [0.3, 0.4) is 0 Å². The molecule has 1 N–H and O–H groups in total. The van der Waals surface area contributed by atoms with Crippen molar-refractivity contribution in [1.29, 1.82) is 0 Å². The van der Waals surface area contributed by atoms with Gasteiger partial charge >= 0.3 is 0 Å². The molecule has 3 amide bonds. The quantitative estimate of drug-likeness (QED) is 0.758. The van der Waals surface area contributed by atoms with E-state index in [4.69, 9.17) is 0 Å². The van der Waals surface area contributed by atoms with Gasteiger partial charge in [0, 0.05) is 16.8 Å². The minimum absolute atomic E-state index is 0.0757. The highest BCUT2D eigenvalue weighted by atomic mass is 32.1. The summed E-state index contributed by atoms with van der Waals surface area (Å²) in [7, 11) is 0.